The number of nitrogens with one attached hydrogen (secondary N) is 3. The second-order valence-electron chi connectivity index (χ2n) is 6.54. The largest absolute Gasteiger partial charge is 0.495 e. The van der Waals surface area contributed by atoms with Gasteiger partial charge in [-0.2, -0.15) is 0 Å². The van der Waals surface area contributed by atoms with Crippen LogP contribution in [0.5, 0.6) is 11.5 Å². The number of aryl methyl sites for hydroxylation is 1. The van der Waals surface area contributed by atoms with Gasteiger partial charge >= 0.3 is 6.03 Å². The van der Waals surface area contributed by atoms with Gasteiger partial charge < -0.3 is 24.8 Å². The molecule has 2 heterocycles. The number of aromatic nitrogens is 2. The third-order valence-electron chi connectivity index (χ3n) is 4.32. The van der Waals surface area contributed by atoms with Crippen LogP contribution in [0.1, 0.15) is 12.6 Å². The third-order valence-corrected chi connectivity index (χ3v) is 4.61. The molecular formula is C19H24ClN5O4. The molecule has 1 aliphatic rings. The van der Waals surface area contributed by atoms with Crippen LogP contribution in [0.4, 0.5) is 16.3 Å². The van der Waals surface area contributed by atoms with Crippen molar-refractivity contribution >= 4 is 29.1 Å². The van der Waals surface area contributed by atoms with E-state index in [-0.39, 0.29) is 12.2 Å². The molecule has 0 spiro atoms. The topological polar surface area (TPSA) is 107 Å². The monoisotopic (exact) mass is 421 g/mol. The molecule has 1 unspecified atom stereocenters. The summed E-state index contributed by atoms with van der Waals surface area (Å²) in [6.07, 6.45) is 2.66. The molecule has 1 aromatic carbocycles. The van der Waals surface area contributed by atoms with E-state index in [2.05, 4.69) is 25.9 Å². The highest BCUT2D eigenvalue weighted by atomic mass is 35.5. The van der Waals surface area contributed by atoms with E-state index >= 15 is 0 Å². The lowest BCUT2D eigenvalue weighted by atomic mass is 10.2. The highest BCUT2D eigenvalue weighted by Gasteiger charge is 2.24. The Bertz CT molecular complexity index is 843. The Kier molecular flexibility index (Phi) is 7.08. The van der Waals surface area contributed by atoms with Crippen molar-refractivity contribution in [2.24, 2.45) is 0 Å². The van der Waals surface area contributed by atoms with Crippen molar-refractivity contribution in [3.8, 4) is 11.5 Å². The van der Waals surface area contributed by atoms with E-state index in [0.717, 1.165) is 12.2 Å². The van der Waals surface area contributed by atoms with Crippen LogP contribution >= 0.6 is 11.6 Å². The number of urea groups is 1. The van der Waals surface area contributed by atoms with Crippen LogP contribution in [-0.4, -0.2) is 55.0 Å². The number of morpholine rings is 1. The molecule has 10 heteroatoms. The van der Waals surface area contributed by atoms with E-state index < -0.39 is 6.03 Å². The van der Waals surface area contributed by atoms with Crippen LogP contribution < -0.4 is 25.4 Å². The number of carbonyl (C=O) groups is 1. The first kappa shape index (κ1) is 21.1. The minimum atomic E-state index is -0.502. The molecule has 0 saturated carbocycles. The summed E-state index contributed by atoms with van der Waals surface area (Å²) in [5.74, 6) is 1.18. The maximum atomic E-state index is 12.4. The second-order valence-corrected chi connectivity index (χ2v) is 6.95. The predicted octanol–water partition coefficient (Wildman–Crippen LogP) is 2.85. The summed E-state index contributed by atoms with van der Waals surface area (Å²) in [5.41, 5.74) is 1.14. The maximum absolute atomic E-state index is 12.4. The number of amides is 2. The molecule has 3 rings (SSSR count). The van der Waals surface area contributed by atoms with Gasteiger partial charge in [0.15, 0.2) is 5.82 Å². The highest BCUT2D eigenvalue weighted by molar-refractivity contribution is 6.32. The molecule has 1 aromatic heterocycles. The minimum absolute atomic E-state index is 0.116. The molecule has 0 aliphatic carbocycles. The van der Waals surface area contributed by atoms with E-state index in [1.165, 1.54) is 13.3 Å². The zero-order valence-corrected chi connectivity index (χ0v) is 17.2. The Labute approximate surface area is 174 Å². The molecule has 2 atom stereocenters. The first-order chi connectivity index (χ1) is 14.0. The van der Waals surface area contributed by atoms with Gasteiger partial charge in [-0.1, -0.05) is 11.6 Å². The number of anilines is 2. The van der Waals surface area contributed by atoms with E-state index in [1.807, 2.05) is 13.8 Å². The van der Waals surface area contributed by atoms with Crippen LogP contribution in [0.15, 0.2) is 24.5 Å². The SMILES string of the molecule is COc1cc(O[C@H](C)C2CNCCO2)c(NC(=O)Nc2cnc(C)cn2)cc1Cl. The van der Waals surface area contributed by atoms with Crippen molar-refractivity contribution in [2.75, 3.05) is 37.4 Å². The Morgan fingerprint density at radius 1 is 1.31 bits per heavy atom. The molecular weight excluding hydrogens is 398 g/mol. The molecule has 0 radical (unpaired) electrons. The molecule has 0 bridgehead atoms. The number of halogens is 1. The number of carbonyl (C=O) groups excluding carboxylic acids is 1. The molecule has 1 saturated heterocycles. The highest BCUT2D eigenvalue weighted by Crippen LogP contribution is 2.37. The summed E-state index contributed by atoms with van der Waals surface area (Å²) >= 11 is 6.24. The zero-order valence-electron chi connectivity index (χ0n) is 16.5. The van der Waals surface area contributed by atoms with Gasteiger partial charge in [0.2, 0.25) is 0 Å². The van der Waals surface area contributed by atoms with Crippen molar-refractivity contribution in [1.82, 2.24) is 15.3 Å². The molecule has 2 aromatic rings. The number of benzene rings is 1. The van der Waals surface area contributed by atoms with Crippen LogP contribution in [0, 0.1) is 6.92 Å². The Morgan fingerprint density at radius 3 is 2.79 bits per heavy atom. The standard InChI is InChI=1S/C19H24ClN5O4/c1-11-8-23-18(10-22-11)25-19(26)24-14-6-13(20)15(27-3)7-16(14)29-12(2)17-9-21-4-5-28-17/h6-8,10,12,17,21H,4-5,9H2,1-3H3,(H2,23,24,25,26)/t12-,17?/m1/s1. The molecule has 1 aliphatic heterocycles. The van der Waals surface area contributed by atoms with Crippen LogP contribution in [0.3, 0.4) is 0 Å². The average molecular weight is 422 g/mol. The van der Waals surface area contributed by atoms with Crippen molar-refractivity contribution in [3.63, 3.8) is 0 Å². The Balaban J connectivity index is 1.76. The van der Waals surface area contributed by atoms with Crippen molar-refractivity contribution in [1.29, 1.82) is 0 Å². The van der Waals surface area contributed by atoms with E-state index in [1.54, 1.807) is 18.3 Å². The average Bonchev–Trinajstić information content (AvgIpc) is 2.72. The summed E-state index contributed by atoms with van der Waals surface area (Å²) in [5, 5.41) is 8.97. The molecule has 156 valence electrons. The number of hydrogen-bond acceptors (Lipinski definition) is 7. The van der Waals surface area contributed by atoms with Crippen molar-refractivity contribution in [2.45, 2.75) is 26.1 Å². The number of ether oxygens (including phenoxy) is 3. The van der Waals surface area contributed by atoms with Crippen molar-refractivity contribution < 1.29 is 19.0 Å². The fraction of sp³-hybridized carbons (Fsp3) is 0.421. The molecule has 1 fully saturated rings. The van der Waals surface area contributed by atoms with Crippen molar-refractivity contribution in [3.05, 3.63) is 35.2 Å². The smallest absolute Gasteiger partial charge is 0.325 e. The van der Waals surface area contributed by atoms with Gasteiger partial charge in [-0.3, -0.25) is 10.3 Å². The van der Waals surface area contributed by atoms with Crippen LogP contribution in [-0.2, 0) is 4.74 Å². The second kappa shape index (κ2) is 9.73. The fourth-order valence-electron chi connectivity index (χ4n) is 2.78. The molecule has 3 N–H and O–H groups in total. The number of rotatable bonds is 6. The minimum Gasteiger partial charge on any atom is -0.495 e. The van der Waals surface area contributed by atoms with Gasteiger partial charge in [0, 0.05) is 19.2 Å². The lowest BCUT2D eigenvalue weighted by Crippen LogP contribution is -2.46. The summed E-state index contributed by atoms with van der Waals surface area (Å²) in [4.78, 5) is 20.6. The van der Waals surface area contributed by atoms with Gasteiger partial charge in [0.1, 0.15) is 23.7 Å². The van der Waals surface area contributed by atoms with Gasteiger partial charge in [0.05, 0.1) is 42.5 Å². The fourth-order valence-corrected chi connectivity index (χ4v) is 3.02. The Hall–Kier alpha value is -2.62. The number of nitrogens with zero attached hydrogens (tertiary/aromatic N) is 2. The lowest BCUT2D eigenvalue weighted by Gasteiger charge is -2.29. The summed E-state index contributed by atoms with van der Waals surface area (Å²) in [6.45, 7) is 5.83. The first-order valence-corrected chi connectivity index (χ1v) is 9.57. The van der Waals surface area contributed by atoms with Crippen LogP contribution in [0.25, 0.3) is 0 Å². The number of methoxy groups -OCH3 is 1. The third kappa shape index (κ3) is 5.69. The Morgan fingerprint density at radius 2 is 2.14 bits per heavy atom. The number of hydrogen-bond donors (Lipinski definition) is 3. The van der Waals surface area contributed by atoms with E-state index in [0.29, 0.717) is 41.2 Å². The van der Waals surface area contributed by atoms with E-state index in [4.69, 9.17) is 25.8 Å². The predicted molar refractivity (Wildman–Crippen MR) is 110 cm³/mol. The van der Waals surface area contributed by atoms with Gasteiger partial charge in [-0.15, -0.1) is 0 Å². The quantitative estimate of drug-likeness (QED) is 0.658. The van der Waals surface area contributed by atoms with Gasteiger partial charge in [-0.05, 0) is 19.9 Å². The summed E-state index contributed by atoms with van der Waals surface area (Å²) in [7, 11) is 1.51. The van der Waals surface area contributed by atoms with Gasteiger partial charge in [0.25, 0.3) is 0 Å². The molecule has 9 nitrogen and oxygen atoms in total. The molecule has 29 heavy (non-hydrogen) atoms. The van der Waals surface area contributed by atoms with Crippen LogP contribution in [0.2, 0.25) is 5.02 Å². The first-order valence-electron chi connectivity index (χ1n) is 9.19. The van der Waals surface area contributed by atoms with E-state index in [9.17, 15) is 4.79 Å². The normalized spacial score (nSPS) is 17.3. The summed E-state index contributed by atoms with van der Waals surface area (Å²) in [6, 6.07) is 2.71. The zero-order chi connectivity index (χ0) is 20.8. The maximum Gasteiger partial charge on any atom is 0.325 e. The lowest BCUT2D eigenvalue weighted by molar-refractivity contribution is -0.0348. The molecule has 2 amide bonds. The summed E-state index contributed by atoms with van der Waals surface area (Å²) < 4.78 is 17.1. The van der Waals surface area contributed by atoms with Gasteiger partial charge in [-0.25, -0.2) is 9.78 Å².